The number of rotatable bonds is 8. The number of aromatic nitrogens is 2. The number of piperidine rings is 1. The summed E-state index contributed by atoms with van der Waals surface area (Å²) >= 11 is 0. The Kier molecular flexibility index (Phi) is 9.14. The molecule has 1 unspecified atom stereocenters. The first-order valence-electron chi connectivity index (χ1n) is 10.2. The van der Waals surface area contributed by atoms with Crippen LogP contribution in [0.25, 0.3) is 0 Å². The second kappa shape index (κ2) is 11.6. The van der Waals surface area contributed by atoms with Crippen LogP contribution >= 0.6 is 12.4 Å². The molecule has 30 heavy (non-hydrogen) atoms. The van der Waals surface area contributed by atoms with Crippen LogP contribution in [0, 0.1) is 0 Å². The van der Waals surface area contributed by atoms with Crippen molar-refractivity contribution in [3.63, 3.8) is 0 Å². The van der Waals surface area contributed by atoms with E-state index in [1.807, 2.05) is 24.7 Å². The molecule has 8 nitrogen and oxygen atoms in total. The fourth-order valence-corrected chi connectivity index (χ4v) is 3.39. The van der Waals surface area contributed by atoms with Gasteiger partial charge in [0.15, 0.2) is 12.3 Å². The van der Waals surface area contributed by atoms with Gasteiger partial charge in [-0.2, -0.15) is 5.10 Å². The topological polar surface area (TPSA) is 88.5 Å². The van der Waals surface area contributed by atoms with Gasteiger partial charge in [0.25, 0.3) is 11.8 Å². The number of halogens is 1. The van der Waals surface area contributed by atoms with Gasteiger partial charge in [0.2, 0.25) is 0 Å². The molecule has 0 aliphatic carbocycles. The SMILES string of the molecule is CCN(CC)C(=O)COc1cccc(NC(=O)c2ccn(C3CCCNC3)n2)c1.Cl. The normalized spacial score (nSPS) is 15.7. The summed E-state index contributed by atoms with van der Waals surface area (Å²) in [6, 6.07) is 9.03. The number of ether oxygens (including phenoxy) is 1. The zero-order valence-electron chi connectivity index (χ0n) is 17.5. The Bertz CT molecular complexity index is 832. The summed E-state index contributed by atoms with van der Waals surface area (Å²) in [6.07, 6.45) is 4.02. The summed E-state index contributed by atoms with van der Waals surface area (Å²) < 4.78 is 7.46. The maximum absolute atomic E-state index is 12.6. The Morgan fingerprint density at radius 1 is 1.30 bits per heavy atom. The molecule has 2 aromatic rings. The third-order valence-electron chi connectivity index (χ3n) is 5.06. The lowest BCUT2D eigenvalue weighted by molar-refractivity contribution is -0.132. The van der Waals surface area contributed by atoms with Crippen LogP contribution in [0.15, 0.2) is 36.5 Å². The van der Waals surface area contributed by atoms with Crippen molar-refractivity contribution in [1.82, 2.24) is 20.0 Å². The molecule has 0 radical (unpaired) electrons. The Balaban J connectivity index is 0.00000320. The molecule has 1 atom stereocenters. The number of likely N-dealkylation sites (N-methyl/N-ethyl adjacent to an activating group) is 1. The third kappa shape index (κ3) is 6.21. The number of nitrogens with one attached hydrogen (secondary N) is 2. The van der Waals surface area contributed by atoms with Gasteiger partial charge >= 0.3 is 0 Å². The largest absolute Gasteiger partial charge is 0.484 e. The molecule has 3 rings (SSSR count). The lowest BCUT2D eigenvalue weighted by atomic mass is 10.1. The number of amides is 2. The van der Waals surface area contributed by atoms with E-state index in [2.05, 4.69) is 15.7 Å². The van der Waals surface area contributed by atoms with Gasteiger partial charge in [0, 0.05) is 37.6 Å². The summed E-state index contributed by atoms with van der Waals surface area (Å²) in [5.74, 6) is 0.193. The van der Waals surface area contributed by atoms with Gasteiger partial charge in [-0.05, 0) is 51.4 Å². The smallest absolute Gasteiger partial charge is 0.276 e. The molecule has 1 aliphatic heterocycles. The maximum atomic E-state index is 12.6. The van der Waals surface area contributed by atoms with E-state index in [9.17, 15) is 9.59 Å². The molecular formula is C21H30ClN5O3. The fraction of sp³-hybridized carbons (Fsp3) is 0.476. The van der Waals surface area contributed by atoms with Gasteiger partial charge in [-0.1, -0.05) is 6.07 Å². The monoisotopic (exact) mass is 435 g/mol. The van der Waals surface area contributed by atoms with Crippen LogP contribution in [0.1, 0.15) is 43.2 Å². The Morgan fingerprint density at radius 3 is 2.80 bits per heavy atom. The van der Waals surface area contributed by atoms with Crippen LogP contribution in [0.3, 0.4) is 0 Å². The van der Waals surface area contributed by atoms with Crippen molar-refractivity contribution in [2.24, 2.45) is 0 Å². The van der Waals surface area contributed by atoms with Crippen LogP contribution in [0.4, 0.5) is 5.69 Å². The van der Waals surface area contributed by atoms with Crippen molar-refractivity contribution in [3.8, 4) is 5.75 Å². The molecule has 1 aromatic heterocycles. The van der Waals surface area contributed by atoms with Gasteiger partial charge < -0.3 is 20.3 Å². The van der Waals surface area contributed by atoms with Crippen LogP contribution in [-0.2, 0) is 4.79 Å². The predicted molar refractivity (Wildman–Crippen MR) is 118 cm³/mol. The van der Waals surface area contributed by atoms with Crippen molar-refractivity contribution < 1.29 is 14.3 Å². The molecule has 0 saturated carbocycles. The van der Waals surface area contributed by atoms with Crippen molar-refractivity contribution in [3.05, 3.63) is 42.2 Å². The minimum atomic E-state index is -0.274. The molecule has 2 N–H and O–H groups in total. The minimum absolute atomic E-state index is 0. The summed E-state index contributed by atoms with van der Waals surface area (Å²) in [4.78, 5) is 26.3. The molecule has 1 aromatic carbocycles. The lowest BCUT2D eigenvalue weighted by Crippen LogP contribution is -2.34. The highest BCUT2D eigenvalue weighted by Crippen LogP contribution is 2.19. The molecule has 1 saturated heterocycles. The number of carbonyl (C=O) groups excluding carboxylic acids is 2. The van der Waals surface area contributed by atoms with Crippen molar-refractivity contribution in [2.75, 3.05) is 38.1 Å². The quantitative estimate of drug-likeness (QED) is 0.665. The van der Waals surface area contributed by atoms with Crippen LogP contribution in [0.2, 0.25) is 0 Å². The van der Waals surface area contributed by atoms with E-state index in [0.29, 0.717) is 30.2 Å². The van der Waals surface area contributed by atoms with E-state index in [1.165, 1.54) is 0 Å². The zero-order chi connectivity index (χ0) is 20.6. The first kappa shape index (κ1) is 23.7. The average molecular weight is 436 g/mol. The number of nitrogens with zero attached hydrogens (tertiary/aromatic N) is 3. The maximum Gasteiger partial charge on any atom is 0.276 e. The molecule has 1 fully saturated rings. The summed E-state index contributed by atoms with van der Waals surface area (Å²) in [5.41, 5.74) is 0.968. The Labute approximate surface area is 183 Å². The van der Waals surface area contributed by atoms with E-state index in [1.54, 1.807) is 35.2 Å². The van der Waals surface area contributed by atoms with Gasteiger partial charge in [-0.3, -0.25) is 14.3 Å². The number of hydrogen-bond donors (Lipinski definition) is 2. The van der Waals surface area contributed by atoms with Gasteiger partial charge in [-0.15, -0.1) is 12.4 Å². The van der Waals surface area contributed by atoms with E-state index in [4.69, 9.17) is 4.74 Å². The fourth-order valence-electron chi connectivity index (χ4n) is 3.39. The van der Waals surface area contributed by atoms with Crippen molar-refractivity contribution in [1.29, 1.82) is 0 Å². The molecule has 0 bridgehead atoms. The highest BCUT2D eigenvalue weighted by molar-refractivity contribution is 6.02. The number of hydrogen-bond acceptors (Lipinski definition) is 5. The van der Waals surface area contributed by atoms with Crippen molar-refractivity contribution >= 4 is 29.9 Å². The number of anilines is 1. The zero-order valence-corrected chi connectivity index (χ0v) is 18.3. The van der Waals surface area contributed by atoms with Crippen LogP contribution < -0.4 is 15.4 Å². The van der Waals surface area contributed by atoms with Crippen LogP contribution in [0.5, 0.6) is 5.75 Å². The molecule has 2 heterocycles. The van der Waals surface area contributed by atoms with E-state index < -0.39 is 0 Å². The summed E-state index contributed by atoms with van der Waals surface area (Å²) in [7, 11) is 0. The molecule has 164 valence electrons. The first-order valence-corrected chi connectivity index (χ1v) is 10.2. The standard InChI is InChI=1S/C21H29N5O3.ClH/c1-3-25(4-2)20(27)15-29-18-9-5-7-16(13-18)23-21(28)19-10-12-26(24-19)17-8-6-11-22-14-17;/h5,7,9-10,12-13,17,22H,3-4,6,8,11,14-15H2,1-2H3,(H,23,28);1H. The third-order valence-corrected chi connectivity index (χ3v) is 5.06. The molecule has 9 heteroatoms. The molecular weight excluding hydrogens is 406 g/mol. The highest BCUT2D eigenvalue weighted by atomic mass is 35.5. The predicted octanol–water partition coefficient (Wildman–Crippen LogP) is 2.73. The number of carbonyl (C=O) groups is 2. The highest BCUT2D eigenvalue weighted by Gasteiger charge is 2.18. The van der Waals surface area contributed by atoms with Crippen LogP contribution in [-0.4, -0.2) is 59.3 Å². The van der Waals surface area contributed by atoms with E-state index in [-0.39, 0.29) is 36.9 Å². The van der Waals surface area contributed by atoms with Crippen molar-refractivity contribution in [2.45, 2.75) is 32.7 Å². The lowest BCUT2D eigenvalue weighted by Gasteiger charge is -2.22. The molecule has 2 amide bonds. The van der Waals surface area contributed by atoms with Gasteiger partial charge in [0.1, 0.15) is 5.75 Å². The van der Waals surface area contributed by atoms with E-state index in [0.717, 1.165) is 25.9 Å². The van der Waals surface area contributed by atoms with Gasteiger partial charge in [-0.25, -0.2) is 0 Å². The first-order chi connectivity index (χ1) is 14.1. The second-order valence-electron chi connectivity index (χ2n) is 7.02. The minimum Gasteiger partial charge on any atom is -0.484 e. The second-order valence-corrected chi connectivity index (χ2v) is 7.02. The summed E-state index contributed by atoms with van der Waals surface area (Å²) in [5, 5.41) is 10.6. The Hall–Kier alpha value is -2.58. The number of benzene rings is 1. The average Bonchev–Trinajstić information content (AvgIpc) is 3.25. The van der Waals surface area contributed by atoms with E-state index >= 15 is 0 Å². The Morgan fingerprint density at radius 2 is 2.10 bits per heavy atom. The van der Waals surface area contributed by atoms with Gasteiger partial charge in [0.05, 0.1) is 6.04 Å². The molecule has 0 spiro atoms. The molecule has 1 aliphatic rings. The summed E-state index contributed by atoms with van der Waals surface area (Å²) in [6.45, 7) is 7.04.